The lowest BCUT2D eigenvalue weighted by atomic mass is 10.1. The van der Waals surface area contributed by atoms with Gasteiger partial charge in [-0.2, -0.15) is 0 Å². The highest BCUT2D eigenvalue weighted by atomic mass is 35.5. The highest BCUT2D eigenvalue weighted by Gasteiger charge is 2.29. The standard InChI is InChI=1S/C12H18ClNO3S/c1-12(2,18(3,16)17)8-14-7-9-10(13)5-4-6-11(9)15/h4-6,14-15H,7-8H2,1-3H3. The lowest BCUT2D eigenvalue weighted by Gasteiger charge is -2.23. The summed E-state index contributed by atoms with van der Waals surface area (Å²) in [6, 6.07) is 4.88. The molecule has 18 heavy (non-hydrogen) atoms. The zero-order valence-corrected chi connectivity index (χ0v) is 12.3. The molecule has 0 heterocycles. The Labute approximate surface area is 113 Å². The van der Waals surface area contributed by atoms with Gasteiger partial charge in [0, 0.05) is 29.9 Å². The van der Waals surface area contributed by atoms with Crippen molar-refractivity contribution in [3.8, 4) is 5.75 Å². The van der Waals surface area contributed by atoms with E-state index in [1.165, 1.54) is 6.26 Å². The Kier molecular flexibility index (Phi) is 4.64. The lowest BCUT2D eigenvalue weighted by Crippen LogP contribution is -2.41. The zero-order chi connectivity index (χ0) is 14.0. The minimum absolute atomic E-state index is 0.104. The van der Waals surface area contributed by atoms with Crippen LogP contribution in [0.1, 0.15) is 19.4 Å². The Bertz CT molecular complexity index is 506. The molecule has 0 amide bonds. The molecule has 0 spiro atoms. The van der Waals surface area contributed by atoms with E-state index in [0.29, 0.717) is 17.1 Å². The maximum Gasteiger partial charge on any atom is 0.153 e. The third-order valence-electron chi connectivity index (χ3n) is 2.95. The topological polar surface area (TPSA) is 66.4 Å². The largest absolute Gasteiger partial charge is 0.508 e. The molecule has 4 nitrogen and oxygen atoms in total. The van der Waals surface area contributed by atoms with E-state index >= 15 is 0 Å². The van der Waals surface area contributed by atoms with Gasteiger partial charge in [0.25, 0.3) is 0 Å². The first-order chi connectivity index (χ1) is 8.15. The average Bonchev–Trinajstić information content (AvgIpc) is 2.20. The smallest absolute Gasteiger partial charge is 0.153 e. The monoisotopic (exact) mass is 291 g/mol. The zero-order valence-electron chi connectivity index (χ0n) is 10.7. The number of rotatable bonds is 5. The molecular weight excluding hydrogens is 274 g/mol. The fourth-order valence-electron chi connectivity index (χ4n) is 1.34. The normalized spacial score (nSPS) is 12.7. The fraction of sp³-hybridized carbons (Fsp3) is 0.500. The molecule has 1 aromatic rings. The summed E-state index contributed by atoms with van der Waals surface area (Å²) in [5.41, 5.74) is 0.573. The van der Waals surface area contributed by atoms with Gasteiger partial charge in [-0.25, -0.2) is 8.42 Å². The van der Waals surface area contributed by atoms with Crippen LogP contribution in [0.25, 0.3) is 0 Å². The molecule has 0 aliphatic heterocycles. The Morgan fingerprint density at radius 1 is 1.39 bits per heavy atom. The molecule has 0 fully saturated rings. The van der Waals surface area contributed by atoms with Gasteiger partial charge >= 0.3 is 0 Å². The summed E-state index contributed by atoms with van der Waals surface area (Å²) >= 11 is 5.95. The summed E-state index contributed by atoms with van der Waals surface area (Å²) in [6.07, 6.45) is 1.21. The lowest BCUT2D eigenvalue weighted by molar-refractivity contribution is 0.461. The summed E-state index contributed by atoms with van der Waals surface area (Å²) in [4.78, 5) is 0. The van der Waals surface area contributed by atoms with Crippen LogP contribution in [-0.2, 0) is 16.4 Å². The molecular formula is C12H18ClNO3S. The number of aromatic hydroxyl groups is 1. The van der Waals surface area contributed by atoms with Crippen LogP contribution in [0.2, 0.25) is 5.02 Å². The molecule has 0 bridgehead atoms. The molecule has 0 radical (unpaired) electrons. The van der Waals surface area contributed by atoms with Gasteiger partial charge in [0.2, 0.25) is 0 Å². The highest BCUT2D eigenvalue weighted by Crippen LogP contribution is 2.25. The van der Waals surface area contributed by atoms with E-state index in [4.69, 9.17) is 11.6 Å². The fourth-order valence-corrected chi connectivity index (χ4v) is 1.94. The van der Waals surface area contributed by atoms with Gasteiger partial charge in [-0.3, -0.25) is 0 Å². The molecule has 2 N–H and O–H groups in total. The van der Waals surface area contributed by atoms with Crippen LogP contribution in [0.4, 0.5) is 0 Å². The van der Waals surface area contributed by atoms with Crippen molar-refractivity contribution in [2.45, 2.75) is 25.1 Å². The molecule has 0 aromatic heterocycles. The number of hydrogen-bond donors (Lipinski definition) is 2. The van der Waals surface area contributed by atoms with Crippen LogP contribution in [-0.4, -0.2) is 31.1 Å². The SMILES string of the molecule is CC(C)(CNCc1c(O)cccc1Cl)S(C)(=O)=O. The summed E-state index contributed by atoms with van der Waals surface area (Å²) in [5.74, 6) is 0.104. The van der Waals surface area contributed by atoms with Crippen LogP contribution in [0, 0.1) is 0 Å². The first kappa shape index (κ1) is 15.3. The van der Waals surface area contributed by atoms with Crippen molar-refractivity contribution in [1.29, 1.82) is 0 Å². The third-order valence-corrected chi connectivity index (χ3v) is 5.46. The van der Waals surface area contributed by atoms with Gasteiger partial charge < -0.3 is 10.4 Å². The second kappa shape index (κ2) is 5.47. The minimum Gasteiger partial charge on any atom is -0.508 e. The summed E-state index contributed by atoms with van der Waals surface area (Å²) < 4.78 is 22.2. The van der Waals surface area contributed by atoms with E-state index in [1.807, 2.05) is 0 Å². The van der Waals surface area contributed by atoms with Crippen LogP contribution in [0.5, 0.6) is 5.75 Å². The van der Waals surface area contributed by atoms with Crippen LogP contribution >= 0.6 is 11.6 Å². The Morgan fingerprint density at radius 2 is 2.00 bits per heavy atom. The molecule has 0 saturated heterocycles. The van der Waals surface area contributed by atoms with E-state index < -0.39 is 14.6 Å². The molecule has 1 rings (SSSR count). The van der Waals surface area contributed by atoms with E-state index in [0.717, 1.165) is 0 Å². The summed E-state index contributed by atoms with van der Waals surface area (Å²) in [7, 11) is -3.14. The first-order valence-corrected chi connectivity index (χ1v) is 7.79. The van der Waals surface area contributed by atoms with Crippen molar-refractivity contribution in [3.63, 3.8) is 0 Å². The maximum absolute atomic E-state index is 11.5. The number of phenolic OH excluding ortho intramolecular Hbond substituents is 1. The van der Waals surface area contributed by atoms with Crippen molar-refractivity contribution >= 4 is 21.4 Å². The van der Waals surface area contributed by atoms with Crippen molar-refractivity contribution in [1.82, 2.24) is 5.32 Å². The maximum atomic E-state index is 11.5. The van der Waals surface area contributed by atoms with Gasteiger partial charge in [-0.05, 0) is 26.0 Å². The number of nitrogens with one attached hydrogen (secondary N) is 1. The molecule has 1 aromatic carbocycles. The van der Waals surface area contributed by atoms with Crippen LogP contribution in [0.3, 0.4) is 0 Å². The van der Waals surface area contributed by atoms with Crippen LogP contribution < -0.4 is 5.32 Å². The van der Waals surface area contributed by atoms with Crippen molar-refractivity contribution < 1.29 is 13.5 Å². The summed E-state index contributed by atoms with van der Waals surface area (Å²) in [5, 5.41) is 13.1. The molecule has 0 aliphatic rings. The second-order valence-corrected chi connectivity index (χ2v) is 7.93. The van der Waals surface area contributed by atoms with Crippen molar-refractivity contribution in [2.75, 3.05) is 12.8 Å². The Balaban J connectivity index is 2.68. The predicted octanol–water partition coefficient (Wildman–Crippen LogP) is 1.96. The quantitative estimate of drug-likeness (QED) is 0.870. The molecule has 0 atom stereocenters. The number of phenols is 1. The molecule has 0 saturated carbocycles. The Hall–Kier alpha value is -0.780. The minimum atomic E-state index is -3.14. The number of halogens is 1. The number of benzene rings is 1. The van der Waals surface area contributed by atoms with Gasteiger partial charge in [0.1, 0.15) is 5.75 Å². The number of hydrogen-bond acceptors (Lipinski definition) is 4. The van der Waals surface area contributed by atoms with E-state index in [1.54, 1.807) is 32.0 Å². The van der Waals surface area contributed by atoms with Crippen LogP contribution in [0.15, 0.2) is 18.2 Å². The average molecular weight is 292 g/mol. The summed E-state index contributed by atoms with van der Waals surface area (Å²) in [6.45, 7) is 3.92. The Morgan fingerprint density at radius 3 is 2.50 bits per heavy atom. The third kappa shape index (κ3) is 3.60. The van der Waals surface area contributed by atoms with Gasteiger partial charge in [-0.15, -0.1) is 0 Å². The van der Waals surface area contributed by atoms with Crippen molar-refractivity contribution in [2.24, 2.45) is 0 Å². The molecule has 6 heteroatoms. The molecule has 0 aliphatic carbocycles. The predicted molar refractivity (Wildman–Crippen MR) is 73.7 cm³/mol. The van der Waals surface area contributed by atoms with Gasteiger partial charge in [-0.1, -0.05) is 17.7 Å². The van der Waals surface area contributed by atoms with Crippen molar-refractivity contribution in [3.05, 3.63) is 28.8 Å². The molecule has 0 unspecified atom stereocenters. The van der Waals surface area contributed by atoms with E-state index in [2.05, 4.69) is 5.32 Å². The van der Waals surface area contributed by atoms with Gasteiger partial charge in [0.15, 0.2) is 9.84 Å². The first-order valence-electron chi connectivity index (χ1n) is 5.52. The van der Waals surface area contributed by atoms with E-state index in [9.17, 15) is 13.5 Å². The van der Waals surface area contributed by atoms with E-state index in [-0.39, 0.29) is 12.3 Å². The number of sulfone groups is 1. The highest BCUT2D eigenvalue weighted by molar-refractivity contribution is 7.92. The molecule has 102 valence electrons. The second-order valence-electron chi connectivity index (χ2n) is 4.87. The van der Waals surface area contributed by atoms with Gasteiger partial charge in [0.05, 0.1) is 4.75 Å².